The van der Waals surface area contributed by atoms with Gasteiger partial charge in [0.05, 0.1) is 12.3 Å². The van der Waals surface area contributed by atoms with Crippen molar-refractivity contribution >= 4 is 28.9 Å². The Kier molecular flexibility index (Phi) is 5.32. The van der Waals surface area contributed by atoms with Gasteiger partial charge in [-0.25, -0.2) is 0 Å². The van der Waals surface area contributed by atoms with E-state index in [0.29, 0.717) is 23.6 Å². The highest BCUT2D eigenvalue weighted by Gasteiger charge is 2.10. The predicted molar refractivity (Wildman–Crippen MR) is 89.4 cm³/mol. The number of amides is 1. The number of hydrogen-bond acceptors (Lipinski definition) is 4. The molecule has 6 heteroatoms. The second-order valence-electron chi connectivity index (χ2n) is 4.39. The third-order valence-electron chi connectivity index (χ3n) is 2.79. The van der Waals surface area contributed by atoms with E-state index in [9.17, 15) is 9.90 Å². The van der Waals surface area contributed by atoms with Gasteiger partial charge >= 0.3 is 0 Å². The number of para-hydroxylation sites is 2. The van der Waals surface area contributed by atoms with Crippen molar-refractivity contribution in [3.05, 3.63) is 54.1 Å². The predicted octanol–water partition coefficient (Wildman–Crippen LogP) is 2.92. The Morgan fingerprint density at radius 1 is 1.23 bits per heavy atom. The number of phenolic OH excluding ortho intramolecular Hbond substituents is 1. The minimum absolute atomic E-state index is 0.0532. The van der Waals surface area contributed by atoms with Crippen LogP contribution in [0.2, 0.25) is 0 Å². The molecule has 0 bridgehead atoms. The highest BCUT2D eigenvalue weighted by atomic mass is 32.1. The summed E-state index contributed by atoms with van der Waals surface area (Å²) in [7, 11) is 0. The summed E-state index contributed by atoms with van der Waals surface area (Å²) in [6.07, 6.45) is 0. The van der Waals surface area contributed by atoms with Gasteiger partial charge in [-0.15, -0.1) is 0 Å². The van der Waals surface area contributed by atoms with E-state index in [1.54, 1.807) is 42.5 Å². The number of nitrogens with one attached hydrogen (secondary N) is 2. The number of anilines is 1. The Morgan fingerprint density at radius 2 is 2.00 bits per heavy atom. The van der Waals surface area contributed by atoms with Gasteiger partial charge in [0, 0.05) is 5.56 Å². The second kappa shape index (κ2) is 7.42. The minimum Gasteiger partial charge on any atom is -0.506 e. The molecule has 0 radical (unpaired) electrons. The number of aromatic hydroxyl groups is 1. The fourth-order valence-electron chi connectivity index (χ4n) is 1.80. The molecule has 0 atom stereocenters. The zero-order valence-electron chi connectivity index (χ0n) is 12.0. The smallest absolute Gasteiger partial charge is 0.257 e. The van der Waals surface area contributed by atoms with Crippen LogP contribution in [-0.2, 0) is 0 Å². The first-order valence-electron chi connectivity index (χ1n) is 6.73. The molecule has 0 saturated heterocycles. The molecule has 3 N–H and O–H groups in total. The zero-order chi connectivity index (χ0) is 15.9. The number of carbonyl (C=O) groups excluding carboxylic acids is 1. The molecule has 2 rings (SSSR count). The van der Waals surface area contributed by atoms with Crippen molar-refractivity contribution in [2.24, 2.45) is 0 Å². The fraction of sp³-hybridized carbons (Fsp3) is 0.125. The summed E-state index contributed by atoms with van der Waals surface area (Å²) in [5, 5.41) is 15.1. The van der Waals surface area contributed by atoms with Crippen molar-refractivity contribution in [1.82, 2.24) is 5.32 Å². The number of benzene rings is 2. The van der Waals surface area contributed by atoms with Crippen molar-refractivity contribution in [3.63, 3.8) is 0 Å². The molecule has 0 spiro atoms. The lowest BCUT2D eigenvalue weighted by Crippen LogP contribution is -2.34. The van der Waals surface area contributed by atoms with E-state index in [1.165, 1.54) is 6.07 Å². The van der Waals surface area contributed by atoms with E-state index >= 15 is 0 Å². The molecule has 0 aromatic heterocycles. The molecule has 0 heterocycles. The lowest BCUT2D eigenvalue weighted by atomic mass is 10.2. The summed E-state index contributed by atoms with van der Waals surface area (Å²) < 4.78 is 5.35. The van der Waals surface area contributed by atoms with Crippen molar-refractivity contribution in [1.29, 1.82) is 0 Å². The quantitative estimate of drug-likeness (QED) is 0.597. The van der Waals surface area contributed by atoms with Crippen LogP contribution < -0.4 is 15.4 Å². The highest BCUT2D eigenvalue weighted by molar-refractivity contribution is 7.80. The van der Waals surface area contributed by atoms with Crippen molar-refractivity contribution < 1.29 is 14.6 Å². The van der Waals surface area contributed by atoms with Crippen LogP contribution in [0.25, 0.3) is 0 Å². The van der Waals surface area contributed by atoms with Crippen molar-refractivity contribution in [2.45, 2.75) is 6.92 Å². The van der Waals surface area contributed by atoms with Gasteiger partial charge in [-0.05, 0) is 49.5 Å². The van der Waals surface area contributed by atoms with Gasteiger partial charge < -0.3 is 15.2 Å². The molecule has 114 valence electrons. The van der Waals surface area contributed by atoms with Gasteiger partial charge in [-0.2, -0.15) is 0 Å². The monoisotopic (exact) mass is 316 g/mol. The Balaban J connectivity index is 2.01. The van der Waals surface area contributed by atoms with Gasteiger partial charge in [0.1, 0.15) is 11.5 Å². The van der Waals surface area contributed by atoms with Crippen LogP contribution in [0.15, 0.2) is 48.5 Å². The molecule has 22 heavy (non-hydrogen) atoms. The lowest BCUT2D eigenvalue weighted by Gasteiger charge is -2.11. The van der Waals surface area contributed by atoms with E-state index in [4.69, 9.17) is 17.0 Å². The molecule has 0 aliphatic carbocycles. The zero-order valence-corrected chi connectivity index (χ0v) is 12.8. The first-order valence-corrected chi connectivity index (χ1v) is 7.14. The Labute approximate surface area is 133 Å². The maximum Gasteiger partial charge on any atom is 0.257 e. The maximum absolute atomic E-state index is 12.1. The maximum atomic E-state index is 12.1. The Morgan fingerprint density at radius 3 is 2.73 bits per heavy atom. The van der Waals surface area contributed by atoms with Crippen LogP contribution in [0.3, 0.4) is 0 Å². The van der Waals surface area contributed by atoms with Gasteiger partial charge in [0.25, 0.3) is 5.91 Å². The molecule has 1 amide bonds. The highest BCUT2D eigenvalue weighted by Crippen LogP contribution is 2.21. The normalized spacial score (nSPS) is 9.86. The number of rotatable bonds is 4. The summed E-state index contributed by atoms with van der Waals surface area (Å²) in [4.78, 5) is 12.1. The van der Waals surface area contributed by atoms with E-state index in [1.807, 2.05) is 6.92 Å². The average Bonchev–Trinajstić information content (AvgIpc) is 2.50. The van der Waals surface area contributed by atoms with E-state index in [2.05, 4.69) is 10.6 Å². The van der Waals surface area contributed by atoms with E-state index in [-0.39, 0.29) is 16.8 Å². The van der Waals surface area contributed by atoms with Gasteiger partial charge in [-0.3, -0.25) is 10.1 Å². The standard InChI is InChI=1S/C16H16N2O3S/c1-2-21-12-7-5-6-11(10-12)15(20)18-16(22)17-13-8-3-4-9-14(13)19/h3-10,19H,2H2,1H3,(H2,17,18,20,22). The van der Waals surface area contributed by atoms with Crippen molar-refractivity contribution in [2.75, 3.05) is 11.9 Å². The summed E-state index contributed by atoms with van der Waals surface area (Å²) in [5.74, 6) is 0.321. The van der Waals surface area contributed by atoms with E-state index < -0.39 is 0 Å². The molecular formula is C16H16N2O3S. The molecule has 0 aliphatic rings. The minimum atomic E-state index is -0.352. The fourth-order valence-corrected chi connectivity index (χ4v) is 2.00. The van der Waals surface area contributed by atoms with Crippen LogP contribution in [-0.4, -0.2) is 22.7 Å². The lowest BCUT2D eigenvalue weighted by molar-refractivity contribution is 0.0977. The molecule has 0 fully saturated rings. The number of hydrogen-bond donors (Lipinski definition) is 3. The second-order valence-corrected chi connectivity index (χ2v) is 4.79. The molecule has 2 aromatic rings. The number of thiocarbonyl (C=S) groups is 1. The van der Waals surface area contributed by atoms with Gasteiger partial charge in [0.2, 0.25) is 0 Å². The van der Waals surface area contributed by atoms with Crippen LogP contribution in [0.5, 0.6) is 11.5 Å². The molecule has 0 aliphatic heterocycles. The number of phenols is 1. The van der Waals surface area contributed by atoms with Crippen LogP contribution in [0.4, 0.5) is 5.69 Å². The Bertz CT molecular complexity index is 689. The topological polar surface area (TPSA) is 70.6 Å². The summed E-state index contributed by atoms with van der Waals surface area (Å²) >= 11 is 5.07. The summed E-state index contributed by atoms with van der Waals surface area (Å²) in [6, 6.07) is 13.4. The number of carbonyl (C=O) groups is 1. The molecule has 0 saturated carbocycles. The van der Waals surface area contributed by atoms with Crippen LogP contribution >= 0.6 is 12.2 Å². The third-order valence-corrected chi connectivity index (χ3v) is 2.99. The first kappa shape index (κ1) is 15.8. The SMILES string of the molecule is CCOc1cccc(C(=O)NC(=S)Nc2ccccc2O)c1. The summed E-state index contributed by atoms with van der Waals surface area (Å²) in [5.41, 5.74) is 0.864. The average molecular weight is 316 g/mol. The Hall–Kier alpha value is -2.60. The summed E-state index contributed by atoms with van der Waals surface area (Å²) in [6.45, 7) is 2.40. The van der Waals surface area contributed by atoms with Crippen LogP contribution in [0.1, 0.15) is 17.3 Å². The van der Waals surface area contributed by atoms with Gasteiger partial charge in [-0.1, -0.05) is 18.2 Å². The van der Waals surface area contributed by atoms with Gasteiger partial charge in [0.15, 0.2) is 5.11 Å². The molecule has 5 nitrogen and oxygen atoms in total. The van der Waals surface area contributed by atoms with E-state index in [0.717, 1.165) is 0 Å². The first-order chi connectivity index (χ1) is 10.6. The number of ether oxygens (including phenoxy) is 1. The molecule has 2 aromatic carbocycles. The third kappa shape index (κ3) is 4.20. The molecule has 0 unspecified atom stereocenters. The largest absolute Gasteiger partial charge is 0.506 e. The molecular weight excluding hydrogens is 300 g/mol. The van der Waals surface area contributed by atoms with Crippen molar-refractivity contribution in [3.8, 4) is 11.5 Å². The van der Waals surface area contributed by atoms with Crippen LogP contribution in [0, 0.1) is 0 Å².